The third-order valence-electron chi connectivity index (χ3n) is 10.1. The van der Waals surface area contributed by atoms with E-state index >= 15 is 0 Å². The summed E-state index contributed by atoms with van der Waals surface area (Å²) in [6.07, 6.45) is 7.08. The second kappa shape index (κ2) is 17.0. The maximum Gasteiger partial charge on any atom is 0.310 e. The van der Waals surface area contributed by atoms with Gasteiger partial charge in [0.05, 0.1) is 72.8 Å². The zero-order valence-corrected chi connectivity index (χ0v) is 31.7. The number of carbonyl (C=O) groups is 4. The molecule has 5 aliphatic heterocycles. The molecule has 14 heteroatoms. The molecule has 0 aromatic rings. The molecule has 1 saturated heterocycles. The largest absolute Gasteiger partial charge is 0.515 e. The van der Waals surface area contributed by atoms with Crippen LogP contribution in [-0.2, 0) is 33.4 Å². The summed E-state index contributed by atoms with van der Waals surface area (Å²) in [5, 5.41) is 26.5. The number of amides is 1. The minimum absolute atomic E-state index is 0.0892. The molecule has 0 aromatic carbocycles. The molecular weight excluding hydrogens is 694 g/mol. The zero-order chi connectivity index (χ0) is 39.3. The van der Waals surface area contributed by atoms with Crippen LogP contribution in [0.15, 0.2) is 107 Å². The lowest BCUT2D eigenvalue weighted by molar-refractivity contribution is -0.142. The van der Waals surface area contributed by atoms with Crippen LogP contribution in [0, 0.1) is 11.8 Å². The molecule has 2 unspecified atom stereocenters. The number of aliphatic hydroxyl groups excluding tert-OH is 1. The number of carboxylic acid groups (broad SMARTS) is 1. The van der Waals surface area contributed by atoms with Crippen LogP contribution >= 0.6 is 0 Å². The van der Waals surface area contributed by atoms with E-state index in [-0.39, 0.29) is 62.8 Å². The molecule has 8 bridgehead atoms. The Morgan fingerprint density at radius 1 is 0.944 bits per heavy atom. The normalized spacial score (nSPS) is 21.4. The Kier molecular flexibility index (Phi) is 12.5. The summed E-state index contributed by atoms with van der Waals surface area (Å²) in [4.78, 5) is 65.2. The molecule has 0 saturated carbocycles. The molecule has 1 fully saturated rings. The van der Waals surface area contributed by atoms with Gasteiger partial charge in [0, 0.05) is 54.3 Å². The van der Waals surface area contributed by atoms with E-state index < -0.39 is 29.7 Å². The Morgan fingerprint density at radius 3 is 2.33 bits per heavy atom. The first kappa shape index (κ1) is 39.6. The molecular formula is C40H47N5O9. The SMILES string of the molecule is CCC1=C(C)C2=CC3=NC(=C(C)C3=CO)C=C3NC(=C(CC(=O)OC)C4=NC(=CC1=N2)C(C)=C4C(=O)NCCOCCOC(C)=O)C(CCC(=O)O)C3C. The van der Waals surface area contributed by atoms with Gasteiger partial charge in [-0.15, -0.1) is 0 Å². The molecule has 286 valence electrons. The van der Waals surface area contributed by atoms with Gasteiger partial charge < -0.3 is 35.1 Å². The highest BCUT2D eigenvalue weighted by molar-refractivity contribution is 6.32. The standard InChI is InChI=1S/C40H47N5O9/c1-8-25-20(2)30-17-34-28(19-46)22(4)29(43-34)16-31-21(3)26(9-10-35(48)49)38(44-31)27(15-36(50)52-7)39-37(23(5)32(45-39)18-33(25)42-30)40(51)41-11-12-53-13-14-54-24(6)47/h16-19,21,26,44,46H,8-15H2,1-7H3,(H,41,51)(H,48,49). The van der Waals surface area contributed by atoms with Gasteiger partial charge in [-0.3, -0.25) is 19.2 Å². The summed E-state index contributed by atoms with van der Waals surface area (Å²) in [5.74, 6) is -3.07. The van der Waals surface area contributed by atoms with Crippen LogP contribution in [0.5, 0.6) is 0 Å². The summed E-state index contributed by atoms with van der Waals surface area (Å²) < 4.78 is 15.6. The highest BCUT2D eigenvalue weighted by Crippen LogP contribution is 2.43. The fourth-order valence-corrected chi connectivity index (χ4v) is 7.12. The number of hydrogen-bond acceptors (Lipinski definition) is 12. The number of nitrogens with one attached hydrogen (secondary N) is 2. The first-order chi connectivity index (χ1) is 25.8. The van der Waals surface area contributed by atoms with Gasteiger partial charge in [0.15, 0.2) is 0 Å². The average Bonchev–Trinajstić information content (AvgIpc) is 3.81. The molecule has 5 aliphatic rings. The monoisotopic (exact) mass is 741 g/mol. The highest BCUT2D eigenvalue weighted by atomic mass is 16.6. The molecule has 1 amide bonds. The number of aliphatic imine (C=N–C) groups is 3. The number of esters is 2. The van der Waals surface area contributed by atoms with Crippen molar-refractivity contribution in [2.75, 3.05) is 33.5 Å². The second-order valence-electron chi connectivity index (χ2n) is 13.4. The van der Waals surface area contributed by atoms with Crippen molar-refractivity contribution in [2.24, 2.45) is 26.8 Å². The number of allylic oxidation sites excluding steroid dienone is 10. The predicted octanol–water partition coefficient (Wildman–Crippen LogP) is 5.01. The van der Waals surface area contributed by atoms with Crippen molar-refractivity contribution in [3.63, 3.8) is 0 Å². The lowest BCUT2D eigenvalue weighted by Gasteiger charge is -2.20. The fraction of sp³-hybridized carbons (Fsp3) is 0.425. The van der Waals surface area contributed by atoms with Crippen molar-refractivity contribution in [1.82, 2.24) is 10.6 Å². The van der Waals surface area contributed by atoms with Crippen LogP contribution in [-0.4, -0.2) is 84.6 Å². The van der Waals surface area contributed by atoms with E-state index in [1.165, 1.54) is 14.0 Å². The molecule has 4 N–H and O–H groups in total. The maximum atomic E-state index is 14.1. The minimum atomic E-state index is -0.971. The third-order valence-corrected chi connectivity index (χ3v) is 10.1. The topological polar surface area (TPSA) is 198 Å². The quantitative estimate of drug-likeness (QED) is 0.113. The summed E-state index contributed by atoms with van der Waals surface area (Å²) >= 11 is 0. The van der Waals surface area contributed by atoms with Crippen LogP contribution in [0.4, 0.5) is 0 Å². The van der Waals surface area contributed by atoms with Crippen LogP contribution in [0.25, 0.3) is 0 Å². The lowest BCUT2D eigenvalue weighted by atomic mass is 9.84. The van der Waals surface area contributed by atoms with Crippen molar-refractivity contribution >= 4 is 41.0 Å². The van der Waals surface area contributed by atoms with E-state index in [0.29, 0.717) is 57.4 Å². The maximum absolute atomic E-state index is 14.1. The van der Waals surface area contributed by atoms with E-state index in [1.54, 1.807) is 6.92 Å². The smallest absolute Gasteiger partial charge is 0.310 e. The van der Waals surface area contributed by atoms with Crippen LogP contribution < -0.4 is 10.6 Å². The Labute approximate surface area is 314 Å². The van der Waals surface area contributed by atoms with Gasteiger partial charge >= 0.3 is 17.9 Å². The average molecular weight is 742 g/mol. The van der Waals surface area contributed by atoms with Crippen molar-refractivity contribution in [1.29, 1.82) is 0 Å². The molecule has 5 heterocycles. The van der Waals surface area contributed by atoms with E-state index in [4.69, 9.17) is 29.2 Å². The van der Waals surface area contributed by atoms with Gasteiger partial charge in [0.2, 0.25) is 0 Å². The Balaban J connectivity index is 1.71. The number of hydrogen-bond donors (Lipinski definition) is 4. The molecule has 2 atom stereocenters. The van der Waals surface area contributed by atoms with E-state index in [1.807, 2.05) is 45.9 Å². The molecule has 0 radical (unpaired) electrons. The van der Waals surface area contributed by atoms with Gasteiger partial charge in [-0.05, 0) is 74.1 Å². The van der Waals surface area contributed by atoms with Crippen molar-refractivity contribution in [3.05, 3.63) is 92.0 Å². The molecule has 54 heavy (non-hydrogen) atoms. The zero-order valence-electron chi connectivity index (χ0n) is 31.7. The Bertz CT molecular complexity index is 2020. The van der Waals surface area contributed by atoms with Crippen LogP contribution in [0.1, 0.15) is 67.2 Å². The number of methoxy groups -OCH3 is 1. The number of carboxylic acids is 1. The van der Waals surface area contributed by atoms with E-state index in [0.717, 1.165) is 28.7 Å². The van der Waals surface area contributed by atoms with Gasteiger partial charge in [-0.25, -0.2) is 15.0 Å². The lowest BCUT2D eigenvalue weighted by Crippen LogP contribution is -2.33. The molecule has 0 spiro atoms. The summed E-state index contributed by atoms with van der Waals surface area (Å²) in [6.45, 7) is 11.5. The van der Waals surface area contributed by atoms with E-state index in [2.05, 4.69) is 10.6 Å². The number of aliphatic carboxylic acids is 1. The molecule has 0 aliphatic carbocycles. The Morgan fingerprint density at radius 2 is 1.67 bits per heavy atom. The first-order valence-corrected chi connectivity index (χ1v) is 18.0. The number of carbonyl (C=O) groups excluding carboxylic acids is 3. The first-order valence-electron chi connectivity index (χ1n) is 18.0. The van der Waals surface area contributed by atoms with E-state index in [9.17, 15) is 29.4 Å². The van der Waals surface area contributed by atoms with Crippen molar-refractivity contribution in [3.8, 4) is 0 Å². The number of aliphatic hydroxyl groups is 1. The van der Waals surface area contributed by atoms with Crippen LogP contribution in [0.3, 0.4) is 0 Å². The predicted molar refractivity (Wildman–Crippen MR) is 202 cm³/mol. The minimum Gasteiger partial charge on any atom is -0.515 e. The number of rotatable bonds is 13. The molecule has 0 aromatic heterocycles. The fourth-order valence-electron chi connectivity index (χ4n) is 7.12. The van der Waals surface area contributed by atoms with Gasteiger partial charge in [0.1, 0.15) is 6.61 Å². The third kappa shape index (κ3) is 8.28. The second-order valence-corrected chi connectivity index (χ2v) is 13.4. The van der Waals surface area contributed by atoms with Crippen molar-refractivity contribution < 1.29 is 43.6 Å². The van der Waals surface area contributed by atoms with Crippen LogP contribution in [0.2, 0.25) is 0 Å². The summed E-state index contributed by atoms with van der Waals surface area (Å²) in [6, 6.07) is 0. The highest BCUT2D eigenvalue weighted by Gasteiger charge is 2.40. The summed E-state index contributed by atoms with van der Waals surface area (Å²) in [5.41, 5.74) is 8.89. The molecule has 5 rings (SSSR count). The van der Waals surface area contributed by atoms with Crippen molar-refractivity contribution in [2.45, 2.75) is 67.2 Å². The molecule has 14 nitrogen and oxygen atoms in total. The number of fused-ring (bicyclic) bond motifs is 5. The Hall–Kier alpha value is -5.63. The summed E-state index contributed by atoms with van der Waals surface area (Å²) in [7, 11) is 1.28. The van der Waals surface area contributed by atoms with Gasteiger partial charge in [-0.2, -0.15) is 0 Å². The van der Waals surface area contributed by atoms with Gasteiger partial charge in [0.25, 0.3) is 5.91 Å². The van der Waals surface area contributed by atoms with Gasteiger partial charge in [-0.1, -0.05) is 13.8 Å². The number of nitrogens with zero attached hydrogens (tertiary/aromatic N) is 3. The number of ether oxygens (including phenoxy) is 3.